The van der Waals surface area contributed by atoms with E-state index >= 15 is 0 Å². The zero-order valence-corrected chi connectivity index (χ0v) is 31.6. The number of carbonyl (C=O) groups is 2. The smallest absolute Gasteiger partial charge is 0.210 e. The van der Waals surface area contributed by atoms with Crippen LogP contribution in [0.2, 0.25) is 0 Å². The van der Waals surface area contributed by atoms with Gasteiger partial charge in [0.25, 0.3) is 0 Å². The molecule has 56 heavy (non-hydrogen) atoms. The molecule has 10 heteroatoms. The molecule has 2 atom stereocenters. The molecule has 0 radical (unpaired) electrons. The number of fused-ring (bicyclic) bond motifs is 2. The van der Waals surface area contributed by atoms with Gasteiger partial charge in [0, 0.05) is 48.4 Å². The maximum absolute atomic E-state index is 13.6. The second-order valence-corrected chi connectivity index (χ2v) is 13.1. The lowest BCUT2D eigenvalue weighted by Gasteiger charge is -2.19. The zero-order valence-electron chi connectivity index (χ0n) is 31.6. The second kappa shape index (κ2) is 16.9. The minimum Gasteiger partial charge on any atom is -0.497 e. The summed E-state index contributed by atoms with van der Waals surface area (Å²) in [4.78, 5) is 27.1. The van der Waals surface area contributed by atoms with Gasteiger partial charge in [-0.2, -0.15) is 10.2 Å². The first-order valence-corrected chi connectivity index (χ1v) is 18.2. The number of aromatic nitrogens is 4. The number of rotatable bonds is 12. The summed E-state index contributed by atoms with van der Waals surface area (Å²) in [5.74, 6) is 1.30. The van der Waals surface area contributed by atoms with E-state index in [0.29, 0.717) is 11.4 Å². The largest absolute Gasteiger partial charge is 0.497 e. The molecule has 0 aliphatic heterocycles. The van der Waals surface area contributed by atoms with Crippen molar-refractivity contribution < 1.29 is 19.1 Å². The molecule has 0 saturated carbocycles. The van der Waals surface area contributed by atoms with Gasteiger partial charge in [-0.25, -0.2) is 0 Å². The highest BCUT2D eigenvalue weighted by Crippen LogP contribution is 2.30. The number of Topliss-reactive ketones (excluding diaryl/α,β-unsaturated/α-hetero) is 2. The Morgan fingerprint density at radius 1 is 0.500 bits per heavy atom. The van der Waals surface area contributed by atoms with Crippen LogP contribution in [-0.4, -0.2) is 45.3 Å². The van der Waals surface area contributed by atoms with E-state index in [1.807, 2.05) is 172 Å². The summed E-state index contributed by atoms with van der Waals surface area (Å²) >= 11 is 0. The van der Waals surface area contributed by atoms with Gasteiger partial charge in [-0.3, -0.25) is 19.0 Å². The fourth-order valence-electron chi connectivity index (χ4n) is 6.72. The SMILES string of the molecule is COc1cccc(NC(C(=O)c2nn(C)c3ccccc23)c2ccccc2)c1.COc1cccc(NC(C(=O)c2nn(C)c3ccccc23)c2ccccc2)c1. The van der Waals surface area contributed by atoms with Gasteiger partial charge >= 0.3 is 0 Å². The van der Waals surface area contributed by atoms with Crippen LogP contribution >= 0.6 is 0 Å². The van der Waals surface area contributed by atoms with Crippen LogP contribution in [0.25, 0.3) is 21.8 Å². The molecule has 8 rings (SSSR count). The summed E-state index contributed by atoms with van der Waals surface area (Å²) < 4.78 is 14.1. The molecule has 0 bridgehead atoms. The van der Waals surface area contributed by atoms with Crippen molar-refractivity contribution >= 4 is 44.7 Å². The summed E-state index contributed by atoms with van der Waals surface area (Å²) in [7, 11) is 6.95. The van der Waals surface area contributed by atoms with Gasteiger partial charge in [-0.15, -0.1) is 0 Å². The molecule has 0 fully saturated rings. The van der Waals surface area contributed by atoms with Gasteiger partial charge < -0.3 is 20.1 Å². The van der Waals surface area contributed by atoms with Gasteiger partial charge in [-0.05, 0) is 47.5 Å². The zero-order chi connectivity index (χ0) is 39.0. The number of anilines is 2. The molecule has 0 spiro atoms. The molecule has 6 aromatic carbocycles. The number of methoxy groups -OCH3 is 2. The van der Waals surface area contributed by atoms with Gasteiger partial charge in [0.1, 0.15) is 35.0 Å². The maximum atomic E-state index is 13.6. The molecule has 2 unspecified atom stereocenters. The van der Waals surface area contributed by atoms with Crippen LogP contribution in [-0.2, 0) is 14.1 Å². The number of hydrogen-bond donors (Lipinski definition) is 2. The Balaban J connectivity index is 0.000000172. The molecule has 0 saturated heterocycles. The van der Waals surface area contributed by atoms with Crippen molar-refractivity contribution in [3.8, 4) is 11.5 Å². The number of ether oxygens (including phenoxy) is 2. The highest BCUT2D eigenvalue weighted by molar-refractivity contribution is 6.10. The molecule has 2 aromatic heterocycles. The normalized spacial score (nSPS) is 11.9. The summed E-state index contributed by atoms with van der Waals surface area (Å²) in [6, 6.07) is 48.9. The van der Waals surface area contributed by atoms with Gasteiger partial charge in [0.15, 0.2) is 0 Å². The van der Waals surface area contributed by atoms with E-state index in [1.54, 1.807) is 23.6 Å². The Labute approximate surface area is 325 Å². The third-order valence-corrected chi connectivity index (χ3v) is 9.53. The third kappa shape index (κ3) is 8.00. The first-order valence-electron chi connectivity index (χ1n) is 18.2. The second-order valence-electron chi connectivity index (χ2n) is 13.1. The summed E-state index contributed by atoms with van der Waals surface area (Å²) in [6.07, 6.45) is 0. The molecule has 0 aliphatic rings. The van der Waals surface area contributed by atoms with Gasteiger partial charge in [0.05, 0.1) is 25.3 Å². The Morgan fingerprint density at radius 2 is 0.875 bits per heavy atom. The number of carbonyl (C=O) groups excluding carboxylic acids is 2. The van der Waals surface area contributed by atoms with Gasteiger partial charge in [-0.1, -0.05) is 109 Å². The number of para-hydroxylation sites is 2. The number of benzene rings is 6. The first-order chi connectivity index (χ1) is 27.3. The van der Waals surface area contributed by atoms with E-state index in [-0.39, 0.29) is 11.6 Å². The van der Waals surface area contributed by atoms with E-state index in [0.717, 1.165) is 55.8 Å². The minimum atomic E-state index is -0.563. The molecular formula is C46H42N6O4. The summed E-state index contributed by atoms with van der Waals surface area (Å²) in [5.41, 5.74) is 6.15. The Morgan fingerprint density at radius 3 is 1.27 bits per heavy atom. The lowest BCUT2D eigenvalue weighted by molar-refractivity contribution is 0.0958. The van der Waals surface area contributed by atoms with Crippen molar-refractivity contribution in [2.24, 2.45) is 14.1 Å². The fraction of sp³-hybridized carbons (Fsp3) is 0.130. The quantitative estimate of drug-likeness (QED) is 0.119. The lowest BCUT2D eigenvalue weighted by atomic mass is 9.98. The summed E-state index contributed by atoms with van der Waals surface area (Å²) in [5, 5.41) is 17.5. The van der Waals surface area contributed by atoms with Gasteiger partial charge in [0.2, 0.25) is 11.6 Å². The number of aryl methyl sites for hydroxylation is 2. The molecule has 0 amide bonds. The molecular weight excluding hydrogens is 701 g/mol. The van der Waals surface area contributed by atoms with Crippen LogP contribution in [0.4, 0.5) is 11.4 Å². The molecule has 8 aromatic rings. The van der Waals surface area contributed by atoms with Crippen molar-refractivity contribution in [2.45, 2.75) is 12.1 Å². The van der Waals surface area contributed by atoms with E-state index in [4.69, 9.17) is 9.47 Å². The standard InChI is InChI=1S/2C23H21N3O2/c2*1-26-20-14-7-6-13-19(20)22(25-26)23(27)21(16-9-4-3-5-10-16)24-17-11-8-12-18(15-17)28-2/h2*3-15,21,24H,1-2H3. The Bertz CT molecular complexity index is 2420. The highest BCUT2D eigenvalue weighted by atomic mass is 16.5. The number of nitrogens with zero attached hydrogens (tertiary/aromatic N) is 4. The Hall–Kier alpha value is -7.20. The topological polar surface area (TPSA) is 112 Å². The average molecular weight is 743 g/mol. The monoisotopic (exact) mass is 742 g/mol. The van der Waals surface area contributed by atoms with Crippen molar-refractivity contribution in [1.29, 1.82) is 0 Å². The number of ketones is 2. The predicted octanol–water partition coefficient (Wildman–Crippen LogP) is 9.24. The number of nitrogens with one attached hydrogen (secondary N) is 2. The molecule has 280 valence electrons. The van der Waals surface area contributed by atoms with Crippen LogP contribution < -0.4 is 20.1 Å². The van der Waals surface area contributed by atoms with Crippen LogP contribution in [0, 0.1) is 0 Å². The summed E-state index contributed by atoms with van der Waals surface area (Å²) in [6.45, 7) is 0. The van der Waals surface area contributed by atoms with Crippen molar-refractivity contribution in [2.75, 3.05) is 24.9 Å². The van der Waals surface area contributed by atoms with Crippen molar-refractivity contribution in [3.63, 3.8) is 0 Å². The van der Waals surface area contributed by atoms with Crippen LogP contribution in [0.5, 0.6) is 11.5 Å². The van der Waals surface area contributed by atoms with E-state index < -0.39 is 12.1 Å². The van der Waals surface area contributed by atoms with Crippen LogP contribution in [0.15, 0.2) is 158 Å². The molecule has 2 heterocycles. The van der Waals surface area contributed by atoms with E-state index in [9.17, 15) is 9.59 Å². The Kier molecular flexibility index (Phi) is 11.2. The van der Waals surface area contributed by atoms with E-state index in [2.05, 4.69) is 20.8 Å². The molecule has 2 N–H and O–H groups in total. The van der Waals surface area contributed by atoms with Crippen LogP contribution in [0.1, 0.15) is 44.2 Å². The van der Waals surface area contributed by atoms with E-state index in [1.165, 1.54) is 0 Å². The van der Waals surface area contributed by atoms with Crippen molar-refractivity contribution in [3.05, 3.63) is 180 Å². The minimum absolute atomic E-state index is 0.0779. The highest BCUT2D eigenvalue weighted by Gasteiger charge is 2.28. The van der Waals surface area contributed by atoms with Crippen LogP contribution in [0.3, 0.4) is 0 Å². The molecule has 10 nitrogen and oxygen atoms in total. The lowest BCUT2D eigenvalue weighted by Crippen LogP contribution is -2.22. The fourth-order valence-corrected chi connectivity index (χ4v) is 6.72. The average Bonchev–Trinajstić information content (AvgIpc) is 3.78. The first kappa shape index (κ1) is 37.1. The maximum Gasteiger partial charge on any atom is 0.210 e. The predicted molar refractivity (Wildman–Crippen MR) is 222 cm³/mol. The van der Waals surface area contributed by atoms with Crippen molar-refractivity contribution in [1.82, 2.24) is 19.6 Å². The number of hydrogen-bond acceptors (Lipinski definition) is 8. The third-order valence-electron chi connectivity index (χ3n) is 9.53. The molecule has 0 aliphatic carbocycles.